The van der Waals surface area contributed by atoms with Crippen LogP contribution in [-0.2, 0) is 4.79 Å². The number of rotatable bonds is 7. The van der Waals surface area contributed by atoms with E-state index in [4.69, 9.17) is 10.5 Å². The average Bonchev–Trinajstić information content (AvgIpc) is 2.39. The topological polar surface area (TPSA) is 64.3 Å². The SMILES string of the molecule is CCCCNC(=O)C(C)Oc1cccc([C@H](C)N)c1. The van der Waals surface area contributed by atoms with Gasteiger partial charge in [0.05, 0.1) is 0 Å². The summed E-state index contributed by atoms with van der Waals surface area (Å²) in [5.74, 6) is 0.590. The molecule has 2 atom stereocenters. The minimum Gasteiger partial charge on any atom is -0.481 e. The lowest BCUT2D eigenvalue weighted by Crippen LogP contribution is -2.36. The summed E-state index contributed by atoms with van der Waals surface area (Å²) in [5, 5.41) is 2.85. The van der Waals surface area contributed by atoms with Crippen molar-refractivity contribution in [2.45, 2.75) is 45.8 Å². The maximum atomic E-state index is 11.8. The van der Waals surface area contributed by atoms with Gasteiger partial charge in [0, 0.05) is 12.6 Å². The first-order valence-electron chi connectivity index (χ1n) is 6.84. The zero-order valence-electron chi connectivity index (χ0n) is 12.0. The fourth-order valence-electron chi connectivity index (χ4n) is 1.66. The smallest absolute Gasteiger partial charge is 0.260 e. The van der Waals surface area contributed by atoms with E-state index in [1.54, 1.807) is 6.92 Å². The van der Waals surface area contributed by atoms with Gasteiger partial charge in [-0.25, -0.2) is 0 Å². The molecule has 1 unspecified atom stereocenters. The van der Waals surface area contributed by atoms with Crippen LogP contribution in [0.1, 0.15) is 45.2 Å². The van der Waals surface area contributed by atoms with Gasteiger partial charge in [0.15, 0.2) is 6.10 Å². The van der Waals surface area contributed by atoms with Crippen LogP contribution >= 0.6 is 0 Å². The molecular formula is C15H24N2O2. The van der Waals surface area contributed by atoms with Crippen LogP contribution in [-0.4, -0.2) is 18.6 Å². The molecule has 0 saturated carbocycles. The third kappa shape index (κ3) is 5.30. The maximum Gasteiger partial charge on any atom is 0.260 e. The molecule has 106 valence electrons. The molecule has 0 fully saturated rings. The monoisotopic (exact) mass is 264 g/mol. The van der Waals surface area contributed by atoms with Crippen molar-refractivity contribution in [2.24, 2.45) is 5.73 Å². The molecule has 0 aromatic heterocycles. The number of hydrogen-bond donors (Lipinski definition) is 2. The highest BCUT2D eigenvalue weighted by Gasteiger charge is 2.14. The van der Waals surface area contributed by atoms with Gasteiger partial charge < -0.3 is 15.8 Å². The third-order valence-electron chi connectivity index (χ3n) is 2.90. The molecule has 0 aliphatic rings. The van der Waals surface area contributed by atoms with Gasteiger partial charge >= 0.3 is 0 Å². The second-order valence-electron chi connectivity index (χ2n) is 4.77. The minimum atomic E-state index is -0.500. The van der Waals surface area contributed by atoms with E-state index in [9.17, 15) is 4.79 Å². The lowest BCUT2D eigenvalue weighted by atomic mass is 10.1. The summed E-state index contributed by atoms with van der Waals surface area (Å²) in [6.45, 7) is 6.45. The van der Waals surface area contributed by atoms with E-state index in [0.717, 1.165) is 18.4 Å². The molecule has 1 amide bonds. The normalized spacial score (nSPS) is 13.7. The number of hydrogen-bond acceptors (Lipinski definition) is 3. The number of unbranched alkanes of at least 4 members (excludes halogenated alkanes) is 1. The highest BCUT2D eigenvalue weighted by Crippen LogP contribution is 2.18. The molecule has 0 spiro atoms. The third-order valence-corrected chi connectivity index (χ3v) is 2.90. The number of ether oxygens (including phenoxy) is 1. The predicted octanol–water partition coefficient (Wildman–Crippen LogP) is 2.39. The first kappa shape index (κ1) is 15.5. The van der Waals surface area contributed by atoms with Crippen molar-refractivity contribution in [1.29, 1.82) is 0 Å². The van der Waals surface area contributed by atoms with Crippen molar-refractivity contribution in [3.05, 3.63) is 29.8 Å². The molecule has 0 saturated heterocycles. The Bertz CT molecular complexity index is 405. The Balaban J connectivity index is 2.53. The summed E-state index contributed by atoms with van der Waals surface area (Å²) in [5.41, 5.74) is 6.82. The van der Waals surface area contributed by atoms with Crippen LogP contribution in [0.4, 0.5) is 0 Å². The summed E-state index contributed by atoms with van der Waals surface area (Å²) in [6, 6.07) is 7.50. The van der Waals surface area contributed by atoms with Crippen LogP contribution in [0.2, 0.25) is 0 Å². The van der Waals surface area contributed by atoms with Crippen molar-refractivity contribution in [3.8, 4) is 5.75 Å². The standard InChI is InChI=1S/C15H24N2O2/c1-4-5-9-17-15(18)12(3)19-14-8-6-7-13(10-14)11(2)16/h6-8,10-12H,4-5,9,16H2,1-3H3,(H,17,18)/t11-,12?/m0/s1. The van der Waals surface area contributed by atoms with E-state index in [1.165, 1.54) is 0 Å². The molecule has 3 N–H and O–H groups in total. The summed E-state index contributed by atoms with van der Waals surface area (Å²) < 4.78 is 5.63. The highest BCUT2D eigenvalue weighted by molar-refractivity contribution is 5.80. The molecule has 19 heavy (non-hydrogen) atoms. The molecule has 4 nitrogen and oxygen atoms in total. The fourth-order valence-corrected chi connectivity index (χ4v) is 1.66. The molecule has 1 aromatic rings. The molecule has 0 radical (unpaired) electrons. The van der Waals surface area contributed by atoms with Gasteiger partial charge in [-0.15, -0.1) is 0 Å². The van der Waals surface area contributed by atoms with Crippen molar-refractivity contribution in [2.75, 3.05) is 6.54 Å². The van der Waals surface area contributed by atoms with Gasteiger partial charge in [0.1, 0.15) is 5.75 Å². The van der Waals surface area contributed by atoms with Crippen LogP contribution < -0.4 is 15.8 Å². The van der Waals surface area contributed by atoms with Gasteiger partial charge in [-0.05, 0) is 38.0 Å². The van der Waals surface area contributed by atoms with Gasteiger partial charge in [0.25, 0.3) is 5.91 Å². The van der Waals surface area contributed by atoms with Gasteiger partial charge in [0.2, 0.25) is 0 Å². The first-order valence-corrected chi connectivity index (χ1v) is 6.84. The van der Waals surface area contributed by atoms with Crippen molar-refractivity contribution < 1.29 is 9.53 Å². The van der Waals surface area contributed by atoms with E-state index in [2.05, 4.69) is 12.2 Å². The van der Waals surface area contributed by atoms with Crippen molar-refractivity contribution >= 4 is 5.91 Å². The number of benzene rings is 1. The van der Waals surface area contributed by atoms with Crippen LogP contribution in [0, 0.1) is 0 Å². The van der Waals surface area contributed by atoms with Crippen molar-refractivity contribution in [3.63, 3.8) is 0 Å². The number of amides is 1. The Morgan fingerprint density at radius 2 is 2.16 bits per heavy atom. The molecule has 1 rings (SSSR count). The quantitative estimate of drug-likeness (QED) is 0.743. The molecule has 1 aromatic carbocycles. The maximum absolute atomic E-state index is 11.8. The van der Waals surface area contributed by atoms with Gasteiger partial charge in [-0.2, -0.15) is 0 Å². The van der Waals surface area contributed by atoms with E-state index >= 15 is 0 Å². The first-order chi connectivity index (χ1) is 9.04. The molecule has 0 aliphatic heterocycles. The number of nitrogens with one attached hydrogen (secondary N) is 1. The minimum absolute atomic E-state index is 0.0442. The number of nitrogens with two attached hydrogens (primary N) is 1. The van der Waals surface area contributed by atoms with Crippen LogP contribution in [0.5, 0.6) is 5.75 Å². The lowest BCUT2D eigenvalue weighted by molar-refractivity contribution is -0.127. The van der Waals surface area contributed by atoms with Gasteiger partial charge in [-0.3, -0.25) is 4.79 Å². The van der Waals surface area contributed by atoms with E-state index < -0.39 is 6.10 Å². The second-order valence-corrected chi connectivity index (χ2v) is 4.77. The Kier molecular flexibility index (Phi) is 6.36. The molecule has 4 heteroatoms. The van der Waals surface area contributed by atoms with E-state index in [1.807, 2.05) is 31.2 Å². The van der Waals surface area contributed by atoms with Crippen LogP contribution in [0.25, 0.3) is 0 Å². The Labute approximate surface area is 115 Å². The Hall–Kier alpha value is -1.55. The zero-order chi connectivity index (χ0) is 14.3. The predicted molar refractivity (Wildman–Crippen MR) is 77.1 cm³/mol. The zero-order valence-corrected chi connectivity index (χ0v) is 12.0. The highest BCUT2D eigenvalue weighted by atomic mass is 16.5. The molecular weight excluding hydrogens is 240 g/mol. The largest absolute Gasteiger partial charge is 0.481 e. The summed E-state index contributed by atoms with van der Waals surface area (Å²) >= 11 is 0. The van der Waals surface area contributed by atoms with Crippen molar-refractivity contribution in [1.82, 2.24) is 5.32 Å². The number of carbonyl (C=O) groups excluding carboxylic acids is 1. The Morgan fingerprint density at radius 3 is 2.79 bits per heavy atom. The van der Waals surface area contributed by atoms with E-state index in [-0.39, 0.29) is 11.9 Å². The van der Waals surface area contributed by atoms with Gasteiger partial charge in [-0.1, -0.05) is 25.5 Å². The number of carbonyl (C=O) groups is 1. The van der Waals surface area contributed by atoms with Crippen LogP contribution in [0.3, 0.4) is 0 Å². The molecule has 0 heterocycles. The summed E-state index contributed by atoms with van der Waals surface area (Å²) in [4.78, 5) is 11.8. The average molecular weight is 264 g/mol. The second kappa shape index (κ2) is 7.79. The Morgan fingerprint density at radius 1 is 1.42 bits per heavy atom. The lowest BCUT2D eigenvalue weighted by Gasteiger charge is -2.16. The van der Waals surface area contributed by atoms with E-state index in [0.29, 0.717) is 12.3 Å². The fraction of sp³-hybridized carbons (Fsp3) is 0.533. The molecule has 0 aliphatic carbocycles. The molecule has 0 bridgehead atoms. The summed E-state index contributed by atoms with van der Waals surface area (Å²) in [6.07, 6.45) is 1.55. The summed E-state index contributed by atoms with van der Waals surface area (Å²) in [7, 11) is 0. The van der Waals surface area contributed by atoms with Crippen LogP contribution in [0.15, 0.2) is 24.3 Å².